The molecule has 0 saturated carbocycles. The zero-order valence-electron chi connectivity index (χ0n) is 17.4. The number of fused-ring (bicyclic) bond motifs is 1. The number of primary sulfonamides is 1. The van der Waals surface area contributed by atoms with Crippen LogP contribution in [0.25, 0.3) is 22.2 Å². The molecule has 5 rings (SSSR count). The monoisotopic (exact) mass is 452 g/mol. The molecule has 2 aliphatic heterocycles. The zero-order chi connectivity index (χ0) is 22.3. The molecule has 0 aliphatic carbocycles. The van der Waals surface area contributed by atoms with Crippen LogP contribution >= 0.6 is 0 Å². The second-order valence-electron chi connectivity index (χ2n) is 8.14. The Labute approximate surface area is 185 Å². The first-order valence-corrected chi connectivity index (χ1v) is 12.0. The van der Waals surface area contributed by atoms with Gasteiger partial charge in [-0.1, -0.05) is 18.2 Å². The second-order valence-corrected chi connectivity index (χ2v) is 9.64. The van der Waals surface area contributed by atoms with E-state index in [4.69, 9.17) is 10.9 Å². The Bertz CT molecular complexity index is 1350. The summed E-state index contributed by atoms with van der Waals surface area (Å²) in [6.45, 7) is 2.01. The van der Waals surface area contributed by atoms with E-state index in [1.165, 1.54) is 0 Å². The van der Waals surface area contributed by atoms with Gasteiger partial charge in [0, 0.05) is 5.56 Å². The van der Waals surface area contributed by atoms with Crippen molar-refractivity contribution in [2.75, 3.05) is 25.5 Å². The summed E-state index contributed by atoms with van der Waals surface area (Å²) < 4.78 is 25.8. The number of rotatable bonds is 5. The normalized spacial score (nSPS) is 17.2. The number of hydrogen-bond acceptors (Lipinski definition) is 8. The van der Waals surface area contributed by atoms with E-state index in [1.807, 2.05) is 30.3 Å². The minimum atomic E-state index is -4.06. The number of anilines is 1. The Kier molecular flexibility index (Phi) is 5.24. The number of nitrogens with one attached hydrogen (secondary N) is 2. The van der Waals surface area contributed by atoms with Gasteiger partial charge >= 0.3 is 0 Å². The Morgan fingerprint density at radius 1 is 1.12 bits per heavy atom. The second kappa shape index (κ2) is 8.08. The number of amidine groups is 1. The quantitative estimate of drug-likeness (QED) is 0.465. The minimum absolute atomic E-state index is 0.0809. The summed E-state index contributed by atoms with van der Waals surface area (Å²) in [7, 11) is -4.06. The Hall–Kier alpha value is -3.15. The molecule has 1 saturated heterocycles. The molecule has 32 heavy (non-hydrogen) atoms. The molecule has 3 aromatic rings. The predicted molar refractivity (Wildman–Crippen MR) is 123 cm³/mol. The van der Waals surface area contributed by atoms with Gasteiger partial charge in [0.05, 0.1) is 15.9 Å². The van der Waals surface area contributed by atoms with Crippen molar-refractivity contribution < 1.29 is 8.42 Å². The van der Waals surface area contributed by atoms with Gasteiger partial charge in [-0.25, -0.2) is 23.5 Å². The number of nitrogens with two attached hydrogens (primary N) is 2. The van der Waals surface area contributed by atoms with E-state index in [9.17, 15) is 8.42 Å². The van der Waals surface area contributed by atoms with Crippen LogP contribution in [0.15, 0.2) is 50.4 Å². The standard InChI is InChI=1S/C21H24N8O2S/c22-21-27-16-4-2-13(10-17(16)28-21)15-3-1-14(9-12-5-7-24-8-6-12)19(32(23,30)31)18(15)20-25-11-26-29-20/h1-4,10,12,24H,5-9,11H2,(H3,22,27,28)(H2,23,30,31). The highest BCUT2D eigenvalue weighted by Crippen LogP contribution is 2.35. The number of aliphatic imine (C=N–C) groups is 1. The van der Waals surface area contributed by atoms with Crippen molar-refractivity contribution in [3.05, 3.63) is 41.5 Å². The highest BCUT2D eigenvalue weighted by molar-refractivity contribution is 7.89. The summed E-state index contributed by atoms with van der Waals surface area (Å²) in [6, 6.07) is 9.35. The average molecular weight is 453 g/mol. The van der Waals surface area contributed by atoms with Crippen molar-refractivity contribution in [3.8, 4) is 11.1 Å². The van der Waals surface area contributed by atoms with Crippen molar-refractivity contribution in [2.24, 2.45) is 26.3 Å². The molecule has 2 aliphatic rings. The molecule has 6 N–H and O–H groups in total. The lowest BCUT2D eigenvalue weighted by atomic mass is 9.88. The van der Waals surface area contributed by atoms with E-state index in [0.29, 0.717) is 35.0 Å². The van der Waals surface area contributed by atoms with Crippen LogP contribution in [0.4, 0.5) is 5.95 Å². The topological polar surface area (TPSA) is 164 Å². The highest BCUT2D eigenvalue weighted by atomic mass is 32.2. The van der Waals surface area contributed by atoms with E-state index >= 15 is 0 Å². The lowest BCUT2D eigenvalue weighted by molar-refractivity contribution is 0.371. The molecule has 3 heterocycles. The number of H-pyrrole nitrogens is 1. The SMILES string of the molecule is Nc1nc2ccc(-c3ccc(CC4CCNCC4)c(S(N)(=O)=O)c3C3=NCN=N3)cc2[nH]1. The lowest BCUT2D eigenvalue weighted by Crippen LogP contribution is -2.29. The van der Waals surface area contributed by atoms with E-state index in [0.717, 1.165) is 42.5 Å². The smallest absolute Gasteiger partial charge is 0.239 e. The maximum atomic E-state index is 12.9. The van der Waals surface area contributed by atoms with E-state index < -0.39 is 10.0 Å². The first-order chi connectivity index (χ1) is 15.4. The Morgan fingerprint density at radius 3 is 2.66 bits per heavy atom. The molecular formula is C21H24N8O2S. The molecule has 0 unspecified atom stereocenters. The van der Waals surface area contributed by atoms with Crippen LogP contribution in [-0.2, 0) is 16.4 Å². The molecule has 2 aromatic carbocycles. The van der Waals surface area contributed by atoms with Gasteiger partial charge < -0.3 is 16.0 Å². The molecule has 0 amide bonds. The van der Waals surface area contributed by atoms with Crippen LogP contribution < -0.4 is 16.2 Å². The number of nitrogens with zero attached hydrogens (tertiary/aromatic N) is 4. The minimum Gasteiger partial charge on any atom is -0.369 e. The molecular weight excluding hydrogens is 428 g/mol. The number of aromatic amines is 1. The molecule has 0 radical (unpaired) electrons. The summed E-state index contributed by atoms with van der Waals surface area (Å²) in [5.74, 6) is 0.973. The molecule has 0 atom stereocenters. The van der Waals surface area contributed by atoms with Gasteiger partial charge in [0.2, 0.25) is 10.0 Å². The van der Waals surface area contributed by atoms with Crippen molar-refractivity contribution in [1.82, 2.24) is 15.3 Å². The largest absolute Gasteiger partial charge is 0.369 e. The average Bonchev–Trinajstić information content (AvgIpc) is 3.41. The van der Waals surface area contributed by atoms with Gasteiger partial charge in [-0.15, -0.1) is 5.11 Å². The molecule has 1 fully saturated rings. The fourth-order valence-electron chi connectivity index (χ4n) is 4.53. The number of imidazole rings is 1. The maximum Gasteiger partial charge on any atom is 0.239 e. The molecule has 166 valence electrons. The Morgan fingerprint density at radius 2 is 1.94 bits per heavy atom. The van der Waals surface area contributed by atoms with Crippen molar-refractivity contribution in [2.45, 2.75) is 24.2 Å². The molecule has 0 spiro atoms. The van der Waals surface area contributed by atoms with Gasteiger partial charge in [-0.2, -0.15) is 5.11 Å². The van der Waals surface area contributed by atoms with Gasteiger partial charge in [-0.3, -0.25) is 0 Å². The number of benzene rings is 2. The maximum absolute atomic E-state index is 12.9. The van der Waals surface area contributed by atoms with Crippen LogP contribution in [0, 0.1) is 5.92 Å². The molecule has 0 bridgehead atoms. The van der Waals surface area contributed by atoms with Crippen LogP contribution in [0.5, 0.6) is 0 Å². The number of sulfonamides is 1. The summed E-state index contributed by atoms with van der Waals surface area (Å²) in [6.07, 6.45) is 2.60. The highest BCUT2D eigenvalue weighted by Gasteiger charge is 2.28. The molecule has 11 heteroatoms. The lowest BCUT2D eigenvalue weighted by Gasteiger charge is -2.24. The third-order valence-electron chi connectivity index (χ3n) is 5.98. The summed E-state index contributed by atoms with van der Waals surface area (Å²) >= 11 is 0. The summed E-state index contributed by atoms with van der Waals surface area (Å²) in [5, 5.41) is 17.2. The first kappa shape index (κ1) is 20.7. The molecule has 1 aromatic heterocycles. The number of hydrogen-bond donors (Lipinski definition) is 4. The van der Waals surface area contributed by atoms with Crippen LogP contribution in [0.3, 0.4) is 0 Å². The van der Waals surface area contributed by atoms with E-state index in [2.05, 4.69) is 30.5 Å². The fourth-order valence-corrected chi connectivity index (χ4v) is 5.53. The van der Waals surface area contributed by atoms with Gasteiger partial charge in [0.25, 0.3) is 0 Å². The van der Waals surface area contributed by atoms with Crippen molar-refractivity contribution in [1.29, 1.82) is 0 Å². The van der Waals surface area contributed by atoms with E-state index in [-0.39, 0.29) is 17.4 Å². The summed E-state index contributed by atoms with van der Waals surface area (Å²) in [5.41, 5.74) is 9.78. The fraction of sp³-hybridized carbons (Fsp3) is 0.333. The third-order valence-corrected chi connectivity index (χ3v) is 7.01. The van der Waals surface area contributed by atoms with Gasteiger partial charge in [-0.05, 0) is 67.1 Å². The van der Waals surface area contributed by atoms with Gasteiger partial charge in [0.1, 0.15) is 0 Å². The first-order valence-electron chi connectivity index (χ1n) is 10.5. The van der Waals surface area contributed by atoms with Gasteiger partial charge in [0.15, 0.2) is 18.5 Å². The van der Waals surface area contributed by atoms with E-state index in [1.54, 1.807) is 0 Å². The number of aromatic nitrogens is 2. The summed E-state index contributed by atoms with van der Waals surface area (Å²) in [4.78, 5) is 11.7. The number of piperidine rings is 1. The zero-order valence-corrected chi connectivity index (χ0v) is 18.2. The predicted octanol–water partition coefficient (Wildman–Crippen LogP) is 2.17. The van der Waals surface area contributed by atoms with Crippen molar-refractivity contribution in [3.63, 3.8) is 0 Å². The van der Waals surface area contributed by atoms with Crippen LogP contribution in [0.1, 0.15) is 24.0 Å². The number of azo groups is 1. The van der Waals surface area contributed by atoms with Crippen molar-refractivity contribution >= 4 is 32.8 Å². The molecule has 10 nitrogen and oxygen atoms in total. The Balaban J connectivity index is 1.72. The van der Waals surface area contributed by atoms with Crippen LogP contribution in [0.2, 0.25) is 0 Å². The third kappa shape index (κ3) is 3.90. The number of nitrogen functional groups attached to an aromatic ring is 1. The van der Waals surface area contributed by atoms with Crippen LogP contribution in [-0.4, -0.2) is 44.0 Å².